The molecule has 0 aliphatic rings. The van der Waals surface area contributed by atoms with Gasteiger partial charge in [-0.15, -0.1) is 11.6 Å². The lowest BCUT2D eigenvalue weighted by Gasteiger charge is -2.18. The second-order valence-corrected chi connectivity index (χ2v) is 5.35. The summed E-state index contributed by atoms with van der Waals surface area (Å²) in [6.07, 6.45) is 3.46. The molecule has 0 saturated carbocycles. The van der Waals surface area contributed by atoms with Crippen LogP contribution in [0, 0.1) is 11.8 Å². The first-order valence-corrected chi connectivity index (χ1v) is 6.87. The summed E-state index contributed by atoms with van der Waals surface area (Å²) in [7, 11) is 0. The Bertz CT molecular complexity index is 309. The SMILES string of the molecule is CCC(C)CC(CCl)Cc1cccc(Cl)c1. The molecule has 0 radical (unpaired) electrons. The van der Waals surface area contributed by atoms with Gasteiger partial charge in [-0.1, -0.05) is 44.0 Å². The zero-order chi connectivity index (χ0) is 12.0. The van der Waals surface area contributed by atoms with Crippen LogP contribution in [0.2, 0.25) is 5.02 Å². The molecule has 1 aromatic carbocycles. The number of halogens is 2. The Morgan fingerprint density at radius 3 is 2.62 bits per heavy atom. The van der Waals surface area contributed by atoms with Crippen molar-refractivity contribution in [2.24, 2.45) is 11.8 Å². The summed E-state index contributed by atoms with van der Waals surface area (Å²) in [5.74, 6) is 2.05. The molecule has 2 heteroatoms. The Labute approximate surface area is 109 Å². The predicted molar refractivity (Wildman–Crippen MR) is 73.4 cm³/mol. The van der Waals surface area contributed by atoms with Gasteiger partial charge in [0.1, 0.15) is 0 Å². The number of benzene rings is 1. The van der Waals surface area contributed by atoms with Crippen molar-refractivity contribution in [3.05, 3.63) is 34.9 Å². The van der Waals surface area contributed by atoms with E-state index < -0.39 is 0 Å². The van der Waals surface area contributed by atoms with Crippen LogP contribution in [-0.2, 0) is 6.42 Å². The van der Waals surface area contributed by atoms with Crippen molar-refractivity contribution in [1.29, 1.82) is 0 Å². The molecule has 0 spiro atoms. The second-order valence-electron chi connectivity index (χ2n) is 4.60. The normalized spacial score (nSPS) is 14.8. The summed E-state index contributed by atoms with van der Waals surface area (Å²) in [6.45, 7) is 4.52. The van der Waals surface area contributed by atoms with E-state index >= 15 is 0 Å². The molecular formula is C14H20Cl2. The van der Waals surface area contributed by atoms with E-state index in [1.807, 2.05) is 18.2 Å². The lowest BCUT2D eigenvalue weighted by atomic mass is 9.90. The van der Waals surface area contributed by atoms with Crippen molar-refractivity contribution in [2.45, 2.75) is 33.1 Å². The van der Waals surface area contributed by atoms with Crippen LogP contribution in [0.3, 0.4) is 0 Å². The molecule has 2 unspecified atom stereocenters. The largest absolute Gasteiger partial charge is 0.126 e. The summed E-state index contributed by atoms with van der Waals surface area (Å²) >= 11 is 12.0. The molecule has 0 bridgehead atoms. The van der Waals surface area contributed by atoms with Crippen molar-refractivity contribution in [2.75, 3.05) is 5.88 Å². The first-order valence-electron chi connectivity index (χ1n) is 5.96. The third-order valence-corrected chi connectivity index (χ3v) is 3.74. The highest BCUT2D eigenvalue weighted by atomic mass is 35.5. The van der Waals surface area contributed by atoms with Gasteiger partial charge in [-0.25, -0.2) is 0 Å². The average molecular weight is 259 g/mol. The fraction of sp³-hybridized carbons (Fsp3) is 0.571. The van der Waals surface area contributed by atoms with Crippen LogP contribution >= 0.6 is 23.2 Å². The van der Waals surface area contributed by atoms with Gasteiger partial charge >= 0.3 is 0 Å². The smallest absolute Gasteiger partial charge is 0.0408 e. The highest BCUT2D eigenvalue weighted by Crippen LogP contribution is 2.22. The van der Waals surface area contributed by atoms with E-state index in [4.69, 9.17) is 23.2 Å². The van der Waals surface area contributed by atoms with Crippen molar-refractivity contribution < 1.29 is 0 Å². The Morgan fingerprint density at radius 2 is 2.06 bits per heavy atom. The van der Waals surface area contributed by atoms with Crippen molar-refractivity contribution >= 4 is 23.2 Å². The fourth-order valence-corrected chi connectivity index (χ4v) is 2.38. The molecule has 0 fully saturated rings. The summed E-state index contributed by atoms with van der Waals surface area (Å²) in [6, 6.07) is 8.08. The molecule has 0 aromatic heterocycles. The van der Waals surface area contributed by atoms with E-state index in [2.05, 4.69) is 19.9 Å². The Hall–Kier alpha value is -0.200. The maximum absolute atomic E-state index is 6.03. The Balaban J connectivity index is 2.56. The van der Waals surface area contributed by atoms with Crippen molar-refractivity contribution in [3.8, 4) is 0 Å². The topological polar surface area (TPSA) is 0 Å². The van der Waals surface area contributed by atoms with Gasteiger partial charge in [-0.3, -0.25) is 0 Å². The number of alkyl halides is 1. The number of hydrogen-bond donors (Lipinski definition) is 0. The minimum atomic E-state index is 0.565. The molecule has 0 nitrogen and oxygen atoms in total. The van der Waals surface area contributed by atoms with Gasteiger partial charge in [0.25, 0.3) is 0 Å². The minimum absolute atomic E-state index is 0.565. The molecule has 2 atom stereocenters. The van der Waals surface area contributed by atoms with Gasteiger partial charge < -0.3 is 0 Å². The molecule has 90 valence electrons. The van der Waals surface area contributed by atoms with Gasteiger partial charge in [-0.05, 0) is 42.4 Å². The molecular weight excluding hydrogens is 239 g/mol. The van der Waals surface area contributed by atoms with Crippen molar-refractivity contribution in [1.82, 2.24) is 0 Å². The molecule has 1 aromatic rings. The van der Waals surface area contributed by atoms with Crippen LogP contribution in [0.4, 0.5) is 0 Å². The maximum Gasteiger partial charge on any atom is 0.0408 e. The van der Waals surface area contributed by atoms with Gasteiger partial charge in [0, 0.05) is 10.9 Å². The summed E-state index contributed by atoms with van der Waals surface area (Å²) in [5, 5.41) is 0.814. The number of rotatable bonds is 6. The van der Waals surface area contributed by atoms with Gasteiger partial charge in [0.15, 0.2) is 0 Å². The average Bonchev–Trinajstić information content (AvgIpc) is 2.28. The summed E-state index contributed by atoms with van der Waals surface area (Å²) in [4.78, 5) is 0. The molecule has 0 aliphatic carbocycles. The van der Waals surface area contributed by atoms with Gasteiger partial charge in [-0.2, -0.15) is 0 Å². The number of hydrogen-bond acceptors (Lipinski definition) is 0. The zero-order valence-corrected chi connectivity index (χ0v) is 11.6. The molecule has 0 aliphatic heterocycles. The van der Waals surface area contributed by atoms with E-state index in [0.29, 0.717) is 5.92 Å². The van der Waals surface area contributed by atoms with E-state index in [9.17, 15) is 0 Å². The summed E-state index contributed by atoms with van der Waals surface area (Å²) in [5.41, 5.74) is 1.29. The quantitative estimate of drug-likeness (QED) is 0.618. The van der Waals surface area contributed by atoms with Crippen LogP contribution in [0.1, 0.15) is 32.3 Å². The maximum atomic E-state index is 6.03. The fourth-order valence-electron chi connectivity index (χ4n) is 1.93. The zero-order valence-electron chi connectivity index (χ0n) is 10.0. The molecule has 0 saturated heterocycles. The standard InChI is InChI=1S/C14H20Cl2/c1-3-11(2)7-13(10-15)8-12-5-4-6-14(16)9-12/h4-6,9,11,13H,3,7-8,10H2,1-2H3. The van der Waals surface area contributed by atoms with Crippen LogP contribution in [0.15, 0.2) is 24.3 Å². The van der Waals surface area contributed by atoms with E-state index in [-0.39, 0.29) is 0 Å². The third kappa shape index (κ3) is 4.76. The van der Waals surface area contributed by atoms with E-state index in [1.165, 1.54) is 18.4 Å². The lowest BCUT2D eigenvalue weighted by molar-refractivity contribution is 0.407. The molecule has 0 amide bonds. The Morgan fingerprint density at radius 1 is 1.31 bits per heavy atom. The van der Waals surface area contributed by atoms with Crippen LogP contribution < -0.4 is 0 Å². The van der Waals surface area contributed by atoms with Crippen molar-refractivity contribution in [3.63, 3.8) is 0 Å². The van der Waals surface area contributed by atoms with Gasteiger partial charge in [0.05, 0.1) is 0 Å². The first-order chi connectivity index (χ1) is 7.65. The molecule has 16 heavy (non-hydrogen) atoms. The lowest BCUT2D eigenvalue weighted by Crippen LogP contribution is -2.11. The second kappa shape index (κ2) is 7.19. The van der Waals surface area contributed by atoms with Crippen LogP contribution in [0.5, 0.6) is 0 Å². The minimum Gasteiger partial charge on any atom is -0.126 e. The van der Waals surface area contributed by atoms with E-state index in [1.54, 1.807) is 0 Å². The van der Waals surface area contributed by atoms with Crippen LogP contribution in [0.25, 0.3) is 0 Å². The molecule has 0 heterocycles. The highest BCUT2D eigenvalue weighted by Gasteiger charge is 2.12. The highest BCUT2D eigenvalue weighted by molar-refractivity contribution is 6.30. The predicted octanol–water partition coefficient (Wildman–Crippen LogP) is 5.17. The van der Waals surface area contributed by atoms with E-state index in [0.717, 1.165) is 23.2 Å². The van der Waals surface area contributed by atoms with Gasteiger partial charge in [0.2, 0.25) is 0 Å². The monoisotopic (exact) mass is 258 g/mol. The first kappa shape index (κ1) is 13.9. The molecule has 1 rings (SSSR count). The Kier molecular flexibility index (Phi) is 6.23. The summed E-state index contributed by atoms with van der Waals surface area (Å²) < 4.78 is 0. The molecule has 0 N–H and O–H groups in total. The van der Waals surface area contributed by atoms with Crippen LogP contribution in [-0.4, -0.2) is 5.88 Å². The third-order valence-electron chi connectivity index (χ3n) is 3.06.